The smallest absolute Gasteiger partial charge is 0.202 e. The minimum Gasteiger partial charge on any atom is -0.373 e. The van der Waals surface area contributed by atoms with Gasteiger partial charge in [-0.1, -0.05) is 0 Å². The van der Waals surface area contributed by atoms with Crippen LogP contribution >= 0.6 is 0 Å². The topological polar surface area (TPSA) is 71.0 Å². The number of hydrogen-bond acceptors (Lipinski definition) is 5. The van der Waals surface area contributed by atoms with Crippen LogP contribution in [-0.4, -0.2) is 56.0 Å². The van der Waals surface area contributed by atoms with Crippen LogP contribution in [0.2, 0.25) is 0 Å². The molecule has 0 aromatic carbocycles. The molecule has 1 spiro atoms. The number of nitrogens with zero attached hydrogens (tertiary/aromatic N) is 4. The molecule has 0 saturated carbocycles. The number of likely N-dealkylation sites (tertiary alicyclic amines) is 1. The van der Waals surface area contributed by atoms with Crippen molar-refractivity contribution >= 4 is 5.95 Å². The third-order valence-electron chi connectivity index (χ3n) is 5.08. The number of aryl methyl sites for hydroxylation is 1. The van der Waals surface area contributed by atoms with Crippen molar-refractivity contribution in [1.82, 2.24) is 24.6 Å². The van der Waals surface area contributed by atoms with Crippen molar-refractivity contribution in [1.29, 1.82) is 0 Å². The predicted molar refractivity (Wildman–Crippen MR) is 87.0 cm³/mol. The van der Waals surface area contributed by atoms with Gasteiger partial charge in [-0.05, 0) is 25.3 Å². The zero-order valence-electron chi connectivity index (χ0n) is 13.5. The number of nitrogens with one attached hydrogen (secondary N) is 2. The molecular formula is C16H24N6O. The second-order valence-corrected chi connectivity index (χ2v) is 6.76. The molecule has 0 radical (unpaired) electrons. The Morgan fingerprint density at radius 1 is 1.39 bits per heavy atom. The van der Waals surface area contributed by atoms with Crippen molar-refractivity contribution in [3.63, 3.8) is 0 Å². The van der Waals surface area contributed by atoms with E-state index in [1.165, 1.54) is 5.69 Å². The fraction of sp³-hybridized carbons (Fsp3) is 0.625. The Kier molecular flexibility index (Phi) is 3.82. The van der Waals surface area contributed by atoms with Crippen molar-refractivity contribution in [2.75, 3.05) is 25.0 Å². The van der Waals surface area contributed by atoms with Gasteiger partial charge in [0.05, 0.1) is 18.2 Å². The molecular weight excluding hydrogens is 292 g/mol. The van der Waals surface area contributed by atoms with E-state index in [4.69, 9.17) is 4.74 Å². The lowest BCUT2D eigenvalue weighted by molar-refractivity contribution is -0.0449. The molecule has 23 heavy (non-hydrogen) atoms. The molecule has 7 heteroatoms. The summed E-state index contributed by atoms with van der Waals surface area (Å²) < 4.78 is 8.23. The van der Waals surface area contributed by atoms with Gasteiger partial charge in [0, 0.05) is 51.0 Å². The zero-order valence-corrected chi connectivity index (χ0v) is 13.5. The quantitative estimate of drug-likeness (QED) is 0.892. The van der Waals surface area contributed by atoms with Crippen LogP contribution in [0.5, 0.6) is 0 Å². The molecule has 2 saturated heterocycles. The average molecular weight is 316 g/mol. The van der Waals surface area contributed by atoms with E-state index in [-0.39, 0.29) is 5.60 Å². The predicted octanol–water partition coefficient (Wildman–Crippen LogP) is 1.38. The first-order chi connectivity index (χ1) is 11.2. The Bertz CT molecular complexity index is 629. The van der Waals surface area contributed by atoms with Gasteiger partial charge in [0.1, 0.15) is 0 Å². The van der Waals surface area contributed by atoms with E-state index >= 15 is 0 Å². The average Bonchev–Trinajstić information content (AvgIpc) is 3.27. The summed E-state index contributed by atoms with van der Waals surface area (Å²) in [4.78, 5) is 6.82. The maximum absolute atomic E-state index is 6.22. The molecule has 2 aromatic heterocycles. The van der Waals surface area contributed by atoms with Crippen LogP contribution < -0.4 is 5.32 Å². The monoisotopic (exact) mass is 316 g/mol. The number of piperidine rings is 1. The van der Waals surface area contributed by atoms with Gasteiger partial charge in [-0.2, -0.15) is 5.10 Å². The first kappa shape index (κ1) is 14.7. The molecule has 7 nitrogen and oxygen atoms in total. The molecule has 2 fully saturated rings. The van der Waals surface area contributed by atoms with Crippen molar-refractivity contribution in [2.24, 2.45) is 7.05 Å². The normalized spacial score (nSPS) is 24.3. The molecule has 0 aliphatic carbocycles. The Morgan fingerprint density at radius 3 is 2.96 bits per heavy atom. The summed E-state index contributed by atoms with van der Waals surface area (Å²) in [5.74, 6) is 0.923. The summed E-state index contributed by atoms with van der Waals surface area (Å²) >= 11 is 0. The molecule has 0 amide bonds. The van der Waals surface area contributed by atoms with Crippen molar-refractivity contribution in [2.45, 2.75) is 37.5 Å². The van der Waals surface area contributed by atoms with Gasteiger partial charge in [0.2, 0.25) is 5.95 Å². The van der Waals surface area contributed by atoms with Crippen LogP contribution in [-0.2, 0) is 18.3 Å². The summed E-state index contributed by atoms with van der Waals surface area (Å²) in [6.45, 7) is 3.88. The van der Waals surface area contributed by atoms with Gasteiger partial charge in [0.15, 0.2) is 0 Å². The van der Waals surface area contributed by atoms with Crippen molar-refractivity contribution < 1.29 is 4.74 Å². The Balaban J connectivity index is 1.30. The Morgan fingerprint density at radius 2 is 2.26 bits per heavy atom. The maximum atomic E-state index is 6.22. The first-order valence-electron chi connectivity index (χ1n) is 8.31. The number of aromatic amines is 1. The summed E-state index contributed by atoms with van der Waals surface area (Å²) in [6.07, 6.45) is 8.86. The first-order valence-corrected chi connectivity index (χ1v) is 8.31. The van der Waals surface area contributed by atoms with Gasteiger partial charge in [-0.3, -0.25) is 10.00 Å². The van der Waals surface area contributed by atoms with Crippen LogP contribution in [0.3, 0.4) is 0 Å². The van der Waals surface area contributed by atoms with Gasteiger partial charge >= 0.3 is 0 Å². The lowest BCUT2D eigenvalue weighted by Gasteiger charge is -2.38. The number of ether oxygens (including phenoxy) is 1. The number of rotatable bonds is 4. The molecule has 2 N–H and O–H groups in total. The largest absolute Gasteiger partial charge is 0.373 e. The minimum atomic E-state index is 0.0489. The van der Waals surface area contributed by atoms with Crippen molar-refractivity contribution in [3.05, 3.63) is 30.4 Å². The lowest BCUT2D eigenvalue weighted by atomic mass is 9.87. The SMILES string of the molecule is Cn1ccnc1NC1COC2(CCN(Cc3ccn[nH]3)CC2)C1. The van der Waals surface area contributed by atoms with Crippen LogP contribution in [0.1, 0.15) is 25.0 Å². The van der Waals surface area contributed by atoms with Crippen LogP contribution in [0.4, 0.5) is 5.95 Å². The highest BCUT2D eigenvalue weighted by Crippen LogP contribution is 2.37. The van der Waals surface area contributed by atoms with Gasteiger partial charge < -0.3 is 14.6 Å². The second-order valence-electron chi connectivity index (χ2n) is 6.76. The summed E-state index contributed by atoms with van der Waals surface area (Å²) in [7, 11) is 2.01. The number of H-pyrrole nitrogens is 1. The van der Waals surface area contributed by atoms with Crippen molar-refractivity contribution in [3.8, 4) is 0 Å². The van der Waals surface area contributed by atoms with E-state index in [0.29, 0.717) is 6.04 Å². The molecule has 1 atom stereocenters. The highest BCUT2D eigenvalue weighted by Gasteiger charge is 2.42. The zero-order chi connectivity index (χ0) is 15.7. The highest BCUT2D eigenvalue weighted by atomic mass is 16.5. The molecule has 4 rings (SSSR count). The van der Waals surface area contributed by atoms with Crippen LogP contribution in [0.15, 0.2) is 24.7 Å². The summed E-state index contributed by atoms with van der Waals surface area (Å²) in [5.41, 5.74) is 1.23. The Labute approximate surface area is 136 Å². The second kappa shape index (κ2) is 5.98. The number of hydrogen-bond donors (Lipinski definition) is 2. The third kappa shape index (κ3) is 3.11. The summed E-state index contributed by atoms with van der Waals surface area (Å²) in [6, 6.07) is 2.40. The van der Waals surface area contributed by atoms with Gasteiger partial charge in [-0.15, -0.1) is 0 Å². The molecule has 2 aliphatic rings. The third-order valence-corrected chi connectivity index (χ3v) is 5.08. The number of imidazole rings is 1. The van der Waals surface area contributed by atoms with E-state index in [2.05, 4.69) is 25.4 Å². The lowest BCUT2D eigenvalue weighted by Crippen LogP contribution is -2.44. The van der Waals surface area contributed by atoms with Gasteiger partial charge in [-0.25, -0.2) is 4.98 Å². The van der Waals surface area contributed by atoms with E-state index in [1.54, 1.807) is 0 Å². The van der Waals surface area contributed by atoms with Crippen LogP contribution in [0.25, 0.3) is 0 Å². The molecule has 4 heterocycles. The standard InChI is InChI=1S/C16H24N6O/c1-21-9-6-17-15(21)19-14-10-16(23-12-14)3-7-22(8-4-16)11-13-2-5-18-20-13/h2,5-6,9,14H,3-4,7-8,10-12H2,1H3,(H,17,19)(H,18,20). The molecule has 124 valence electrons. The molecule has 1 unspecified atom stereocenters. The van der Waals surface area contributed by atoms with E-state index in [9.17, 15) is 0 Å². The maximum Gasteiger partial charge on any atom is 0.202 e. The summed E-state index contributed by atoms with van der Waals surface area (Å²) in [5, 5.41) is 10.6. The molecule has 2 aromatic rings. The highest BCUT2D eigenvalue weighted by molar-refractivity contribution is 5.28. The minimum absolute atomic E-state index is 0.0489. The fourth-order valence-electron chi connectivity index (χ4n) is 3.71. The number of aromatic nitrogens is 4. The van der Waals surface area contributed by atoms with Crippen LogP contribution in [0, 0.1) is 0 Å². The van der Waals surface area contributed by atoms with Gasteiger partial charge in [0.25, 0.3) is 0 Å². The van der Waals surface area contributed by atoms with E-state index in [0.717, 1.165) is 51.5 Å². The number of anilines is 1. The van der Waals surface area contributed by atoms with E-state index in [1.807, 2.05) is 36.3 Å². The fourth-order valence-corrected chi connectivity index (χ4v) is 3.71. The Hall–Kier alpha value is -1.86. The van der Waals surface area contributed by atoms with E-state index < -0.39 is 0 Å². The molecule has 2 aliphatic heterocycles. The molecule has 0 bridgehead atoms.